The molecule has 0 bridgehead atoms. The Morgan fingerprint density at radius 3 is 3.06 bits per heavy atom. The molecule has 1 amide bonds. The van der Waals surface area contributed by atoms with Gasteiger partial charge in [-0.2, -0.15) is 5.21 Å². The first-order valence-corrected chi connectivity index (χ1v) is 4.89. The molecule has 80 valence electrons. The van der Waals surface area contributed by atoms with Crippen LogP contribution in [0.4, 0.5) is 5.69 Å². The molecule has 0 unspecified atom stereocenters. The lowest BCUT2D eigenvalue weighted by Gasteiger charge is -2.09. The molecule has 0 radical (unpaired) electrons. The van der Waals surface area contributed by atoms with E-state index in [1.807, 2.05) is 18.2 Å². The molecule has 6 heteroatoms. The molecule has 0 spiro atoms. The molecule has 0 fully saturated rings. The molecule has 2 heterocycles. The Kier molecular flexibility index (Phi) is 1.76. The highest BCUT2D eigenvalue weighted by molar-refractivity contribution is 6.01. The van der Waals surface area contributed by atoms with Crippen molar-refractivity contribution in [3.05, 3.63) is 23.8 Å². The molecule has 1 aliphatic rings. The Balaban J connectivity index is 2.08. The Morgan fingerprint density at radius 2 is 2.31 bits per heavy atom. The number of tetrazole rings is 1. The number of carbonyl (C=O) groups excluding carboxylic acids is 1. The number of carbonyl (C=O) groups is 1. The Labute approximate surface area is 91.3 Å². The molecule has 6 nitrogen and oxygen atoms in total. The molecule has 0 saturated heterocycles. The highest BCUT2D eigenvalue weighted by Crippen LogP contribution is 2.30. The number of aromatic nitrogens is 4. The summed E-state index contributed by atoms with van der Waals surface area (Å²) >= 11 is 0. The lowest BCUT2D eigenvalue weighted by atomic mass is 10.1. The van der Waals surface area contributed by atoms with Gasteiger partial charge in [-0.05, 0) is 29.0 Å². The van der Waals surface area contributed by atoms with Gasteiger partial charge in [0.15, 0.2) is 0 Å². The second-order valence-electron chi connectivity index (χ2n) is 3.71. The minimum atomic E-state index is 0.111. The van der Waals surface area contributed by atoms with Crippen LogP contribution < -0.4 is 4.90 Å². The predicted molar refractivity (Wildman–Crippen MR) is 56.7 cm³/mol. The van der Waals surface area contributed by atoms with Crippen LogP contribution in [0, 0.1) is 0 Å². The van der Waals surface area contributed by atoms with E-state index in [1.54, 1.807) is 11.9 Å². The van der Waals surface area contributed by atoms with E-state index in [-0.39, 0.29) is 5.91 Å². The van der Waals surface area contributed by atoms with Gasteiger partial charge in [0.25, 0.3) is 0 Å². The van der Waals surface area contributed by atoms with Gasteiger partial charge in [0.05, 0.1) is 6.42 Å². The first-order chi connectivity index (χ1) is 7.75. The van der Waals surface area contributed by atoms with E-state index in [1.165, 1.54) is 0 Å². The molecular weight excluding hydrogens is 206 g/mol. The molecule has 16 heavy (non-hydrogen) atoms. The maximum atomic E-state index is 11.5. The Hall–Kier alpha value is -2.24. The van der Waals surface area contributed by atoms with Gasteiger partial charge in [0.1, 0.15) is 0 Å². The molecule has 1 aromatic carbocycles. The second-order valence-corrected chi connectivity index (χ2v) is 3.71. The van der Waals surface area contributed by atoms with Crippen LogP contribution in [0.3, 0.4) is 0 Å². The average Bonchev–Trinajstić information content (AvgIpc) is 2.88. The molecule has 1 aromatic heterocycles. The molecule has 3 rings (SSSR count). The van der Waals surface area contributed by atoms with Gasteiger partial charge >= 0.3 is 0 Å². The lowest BCUT2D eigenvalue weighted by molar-refractivity contribution is -0.117. The van der Waals surface area contributed by atoms with E-state index >= 15 is 0 Å². The first-order valence-electron chi connectivity index (χ1n) is 4.89. The fourth-order valence-corrected chi connectivity index (χ4v) is 1.89. The van der Waals surface area contributed by atoms with Crippen LogP contribution >= 0.6 is 0 Å². The number of nitrogens with zero attached hydrogens (tertiary/aromatic N) is 4. The van der Waals surface area contributed by atoms with E-state index in [9.17, 15) is 4.79 Å². The molecule has 1 aliphatic heterocycles. The summed E-state index contributed by atoms with van der Waals surface area (Å²) in [5, 5.41) is 13.7. The zero-order valence-electron chi connectivity index (χ0n) is 8.64. The maximum Gasteiger partial charge on any atom is 0.231 e. The number of amides is 1. The van der Waals surface area contributed by atoms with E-state index in [0.29, 0.717) is 12.2 Å². The van der Waals surface area contributed by atoms with Crippen LogP contribution in [0.5, 0.6) is 0 Å². The third kappa shape index (κ3) is 1.19. The number of likely N-dealkylation sites (N-methyl/N-ethyl adjacent to an activating group) is 1. The van der Waals surface area contributed by atoms with Crippen molar-refractivity contribution in [3.8, 4) is 11.4 Å². The van der Waals surface area contributed by atoms with Gasteiger partial charge in [0.2, 0.25) is 11.7 Å². The highest BCUT2D eigenvalue weighted by Gasteiger charge is 2.24. The second kappa shape index (κ2) is 3.13. The summed E-state index contributed by atoms with van der Waals surface area (Å²) < 4.78 is 0. The maximum absolute atomic E-state index is 11.5. The van der Waals surface area contributed by atoms with Crippen LogP contribution in [0.1, 0.15) is 5.56 Å². The summed E-state index contributed by atoms with van der Waals surface area (Å²) in [5.41, 5.74) is 2.84. The van der Waals surface area contributed by atoms with Crippen LogP contribution in [-0.2, 0) is 11.2 Å². The van der Waals surface area contributed by atoms with Gasteiger partial charge in [0, 0.05) is 18.3 Å². The molecule has 1 N–H and O–H groups in total. The smallest absolute Gasteiger partial charge is 0.231 e. The van der Waals surface area contributed by atoms with Crippen molar-refractivity contribution in [1.82, 2.24) is 20.6 Å². The summed E-state index contributed by atoms with van der Waals surface area (Å²) in [5.74, 6) is 0.657. The largest absolute Gasteiger partial charge is 0.315 e. The van der Waals surface area contributed by atoms with Crippen LogP contribution in [0.25, 0.3) is 11.4 Å². The SMILES string of the molecule is CN1C(=O)Cc2cc(-c3nn[nH]n3)ccc21. The predicted octanol–water partition coefficient (Wildman–Crippen LogP) is 0.386. The molecule has 2 aromatic rings. The highest BCUT2D eigenvalue weighted by atomic mass is 16.2. The standard InChI is InChI=1S/C10H9N5O/c1-15-8-3-2-6(10-11-13-14-12-10)4-7(8)5-9(15)16/h2-4H,5H2,1H3,(H,11,12,13,14). The van der Waals surface area contributed by atoms with Gasteiger partial charge in [-0.1, -0.05) is 0 Å². The summed E-state index contributed by atoms with van der Waals surface area (Å²) in [6.45, 7) is 0. The number of aromatic amines is 1. The van der Waals surface area contributed by atoms with Gasteiger partial charge < -0.3 is 4.90 Å². The van der Waals surface area contributed by atoms with E-state index in [0.717, 1.165) is 16.8 Å². The van der Waals surface area contributed by atoms with Crippen molar-refractivity contribution in [1.29, 1.82) is 0 Å². The molecule has 0 atom stereocenters. The van der Waals surface area contributed by atoms with Gasteiger partial charge in [-0.15, -0.1) is 10.2 Å². The first kappa shape index (κ1) is 9.02. The number of hydrogen-bond acceptors (Lipinski definition) is 4. The number of benzene rings is 1. The number of anilines is 1. The monoisotopic (exact) mass is 215 g/mol. The van der Waals surface area contributed by atoms with Crippen molar-refractivity contribution in [2.45, 2.75) is 6.42 Å². The van der Waals surface area contributed by atoms with Gasteiger partial charge in [-0.3, -0.25) is 4.79 Å². The summed E-state index contributed by atoms with van der Waals surface area (Å²) in [6.07, 6.45) is 0.442. The number of H-pyrrole nitrogens is 1. The Morgan fingerprint density at radius 1 is 1.44 bits per heavy atom. The zero-order valence-corrected chi connectivity index (χ0v) is 8.64. The number of rotatable bonds is 1. The Bertz CT molecular complexity index is 548. The quantitative estimate of drug-likeness (QED) is 0.746. The molecule has 0 aliphatic carbocycles. The zero-order chi connectivity index (χ0) is 11.1. The third-order valence-electron chi connectivity index (χ3n) is 2.76. The van der Waals surface area contributed by atoms with Crippen molar-refractivity contribution in [2.75, 3.05) is 11.9 Å². The minimum absolute atomic E-state index is 0.111. The summed E-state index contributed by atoms with van der Waals surface area (Å²) in [6, 6.07) is 5.73. The lowest BCUT2D eigenvalue weighted by Crippen LogP contribution is -2.20. The molecule has 0 saturated carbocycles. The minimum Gasteiger partial charge on any atom is -0.315 e. The number of hydrogen-bond donors (Lipinski definition) is 1. The number of fused-ring (bicyclic) bond motifs is 1. The van der Waals surface area contributed by atoms with Crippen molar-refractivity contribution in [3.63, 3.8) is 0 Å². The molecular formula is C10H9N5O. The van der Waals surface area contributed by atoms with Crippen molar-refractivity contribution in [2.24, 2.45) is 0 Å². The van der Waals surface area contributed by atoms with Gasteiger partial charge in [-0.25, -0.2) is 0 Å². The van der Waals surface area contributed by atoms with Crippen LogP contribution in [0.2, 0.25) is 0 Å². The van der Waals surface area contributed by atoms with Crippen LogP contribution in [-0.4, -0.2) is 33.6 Å². The van der Waals surface area contributed by atoms with E-state index < -0.39 is 0 Å². The van der Waals surface area contributed by atoms with E-state index in [4.69, 9.17) is 0 Å². The van der Waals surface area contributed by atoms with Crippen LogP contribution in [0.15, 0.2) is 18.2 Å². The fraction of sp³-hybridized carbons (Fsp3) is 0.200. The van der Waals surface area contributed by atoms with Crippen molar-refractivity contribution < 1.29 is 4.79 Å². The topological polar surface area (TPSA) is 74.8 Å². The number of nitrogens with one attached hydrogen (secondary N) is 1. The average molecular weight is 215 g/mol. The van der Waals surface area contributed by atoms with Crippen molar-refractivity contribution >= 4 is 11.6 Å². The van der Waals surface area contributed by atoms with E-state index in [2.05, 4.69) is 20.6 Å². The summed E-state index contributed by atoms with van der Waals surface area (Å²) in [7, 11) is 1.78. The summed E-state index contributed by atoms with van der Waals surface area (Å²) in [4.78, 5) is 13.2. The third-order valence-corrected chi connectivity index (χ3v) is 2.76. The fourth-order valence-electron chi connectivity index (χ4n) is 1.89. The normalized spacial score (nSPS) is 14.3.